The molecule has 114 valence electrons. The molecule has 0 aliphatic carbocycles. The molecule has 21 heavy (non-hydrogen) atoms. The number of hydrogen-bond acceptors (Lipinski definition) is 5. The number of carboxylic acid groups (broad SMARTS) is 1. The van der Waals surface area contributed by atoms with E-state index in [9.17, 15) is 4.79 Å². The van der Waals surface area contributed by atoms with Crippen LogP contribution in [-0.2, 0) is 4.79 Å². The number of rotatable bonds is 7. The maximum Gasteiger partial charge on any atom is 0.341 e. The Hall–Kier alpha value is -1.62. The summed E-state index contributed by atoms with van der Waals surface area (Å²) in [6.07, 6.45) is 1.52. The van der Waals surface area contributed by atoms with Gasteiger partial charge in [0.1, 0.15) is 0 Å². The lowest BCUT2D eigenvalue weighted by Gasteiger charge is -2.13. The van der Waals surface area contributed by atoms with E-state index in [1.807, 2.05) is 29.5 Å². The fourth-order valence-corrected chi connectivity index (χ4v) is 2.20. The molecule has 0 fully saturated rings. The molecule has 9 heteroatoms. The van der Waals surface area contributed by atoms with Gasteiger partial charge in [-0.25, -0.2) is 4.79 Å². The number of nitrogens with one attached hydrogen (secondary N) is 1. The number of halogens is 1. The third-order valence-electron chi connectivity index (χ3n) is 2.06. The number of carboxylic acids is 1. The molecular weight excluding hydrogens is 409 g/mol. The highest BCUT2D eigenvalue weighted by molar-refractivity contribution is 14.1. The molecule has 0 aliphatic heterocycles. The van der Waals surface area contributed by atoms with E-state index in [4.69, 9.17) is 20.3 Å². The summed E-state index contributed by atoms with van der Waals surface area (Å²) < 4.78 is 11.4. The first-order valence-electron chi connectivity index (χ1n) is 5.83. The van der Waals surface area contributed by atoms with Gasteiger partial charge in [-0.1, -0.05) is 0 Å². The highest BCUT2D eigenvalue weighted by Gasteiger charge is 2.13. The lowest BCUT2D eigenvalue weighted by molar-refractivity contribution is -0.139. The number of ether oxygens (including phenoxy) is 2. The van der Waals surface area contributed by atoms with Crippen molar-refractivity contribution in [3.63, 3.8) is 0 Å². The summed E-state index contributed by atoms with van der Waals surface area (Å²) in [4.78, 5) is 10.6. The molecule has 7 nitrogen and oxygen atoms in total. The van der Waals surface area contributed by atoms with Gasteiger partial charge in [0.15, 0.2) is 23.2 Å². The van der Waals surface area contributed by atoms with E-state index >= 15 is 0 Å². The number of nitrogens with zero attached hydrogens (tertiary/aromatic N) is 1. The van der Waals surface area contributed by atoms with Crippen LogP contribution in [0, 0.1) is 3.57 Å². The number of hydrogen-bond donors (Lipinski definition) is 3. The molecule has 1 aromatic carbocycles. The van der Waals surface area contributed by atoms with Crippen LogP contribution in [0.3, 0.4) is 0 Å². The molecule has 1 aromatic rings. The first kappa shape index (κ1) is 17.4. The van der Waals surface area contributed by atoms with Gasteiger partial charge in [0.25, 0.3) is 0 Å². The second kappa shape index (κ2) is 8.62. The van der Waals surface area contributed by atoms with Crippen LogP contribution >= 0.6 is 34.8 Å². The van der Waals surface area contributed by atoms with E-state index in [0.717, 1.165) is 5.56 Å². The molecule has 0 spiro atoms. The number of benzene rings is 1. The molecule has 0 heterocycles. The molecule has 0 amide bonds. The summed E-state index contributed by atoms with van der Waals surface area (Å²) in [6, 6.07) is 3.46. The van der Waals surface area contributed by atoms with Crippen LogP contribution in [0.4, 0.5) is 0 Å². The van der Waals surface area contributed by atoms with Crippen molar-refractivity contribution >= 4 is 52.1 Å². The Labute approximate surface area is 140 Å². The fourth-order valence-electron chi connectivity index (χ4n) is 1.37. The maximum atomic E-state index is 10.6. The van der Waals surface area contributed by atoms with E-state index in [0.29, 0.717) is 21.7 Å². The van der Waals surface area contributed by atoms with Crippen LogP contribution in [0.2, 0.25) is 0 Å². The molecule has 1 rings (SSSR count). The van der Waals surface area contributed by atoms with Crippen molar-refractivity contribution in [3.8, 4) is 11.5 Å². The second-order valence-corrected chi connectivity index (χ2v) is 5.28. The Morgan fingerprint density at radius 2 is 2.29 bits per heavy atom. The minimum Gasteiger partial charge on any atom is -0.490 e. The average molecular weight is 423 g/mol. The predicted molar refractivity (Wildman–Crippen MR) is 91.0 cm³/mol. The van der Waals surface area contributed by atoms with Gasteiger partial charge in [0, 0.05) is 0 Å². The van der Waals surface area contributed by atoms with Gasteiger partial charge >= 0.3 is 5.97 Å². The zero-order chi connectivity index (χ0) is 15.8. The molecule has 0 radical (unpaired) electrons. The Morgan fingerprint density at radius 1 is 1.57 bits per heavy atom. The van der Waals surface area contributed by atoms with Crippen LogP contribution < -0.4 is 20.6 Å². The van der Waals surface area contributed by atoms with E-state index in [2.05, 4.69) is 22.7 Å². The highest BCUT2D eigenvalue weighted by atomic mass is 127. The summed E-state index contributed by atoms with van der Waals surface area (Å²) in [7, 11) is 0. The molecule has 4 N–H and O–H groups in total. The van der Waals surface area contributed by atoms with Crippen molar-refractivity contribution in [3.05, 3.63) is 21.3 Å². The van der Waals surface area contributed by atoms with Crippen LogP contribution in [0.5, 0.6) is 11.5 Å². The summed E-state index contributed by atoms with van der Waals surface area (Å²) in [5.74, 6) is -0.221. The monoisotopic (exact) mass is 423 g/mol. The quantitative estimate of drug-likeness (QED) is 0.263. The Morgan fingerprint density at radius 3 is 2.86 bits per heavy atom. The van der Waals surface area contributed by atoms with E-state index in [1.54, 1.807) is 12.1 Å². The zero-order valence-corrected chi connectivity index (χ0v) is 14.1. The van der Waals surface area contributed by atoms with Crippen molar-refractivity contribution in [1.29, 1.82) is 0 Å². The molecule has 0 unspecified atom stereocenters. The minimum absolute atomic E-state index is 0.0624. The lowest BCUT2D eigenvalue weighted by atomic mass is 10.2. The van der Waals surface area contributed by atoms with Gasteiger partial charge in [-0.05, 0) is 59.4 Å². The first-order valence-corrected chi connectivity index (χ1v) is 7.32. The Kier molecular flexibility index (Phi) is 7.15. The fraction of sp³-hybridized carbons (Fsp3) is 0.250. The van der Waals surface area contributed by atoms with Gasteiger partial charge in [-0.2, -0.15) is 5.10 Å². The van der Waals surface area contributed by atoms with Crippen molar-refractivity contribution in [2.45, 2.75) is 6.92 Å². The van der Waals surface area contributed by atoms with Gasteiger partial charge in [0.2, 0.25) is 0 Å². The summed E-state index contributed by atoms with van der Waals surface area (Å²) in [5.41, 5.74) is 8.44. The van der Waals surface area contributed by atoms with Gasteiger partial charge in [-0.3, -0.25) is 5.43 Å². The summed E-state index contributed by atoms with van der Waals surface area (Å²) >= 11 is 6.67. The number of aliphatic carboxylic acids is 1. The zero-order valence-electron chi connectivity index (χ0n) is 11.1. The van der Waals surface area contributed by atoms with Crippen LogP contribution in [0.15, 0.2) is 17.2 Å². The number of thiocarbonyl (C=S) groups is 1. The smallest absolute Gasteiger partial charge is 0.341 e. The van der Waals surface area contributed by atoms with Gasteiger partial charge < -0.3 is 20.3 Å². The third kappa shape index (κ3) is 6.12. The van der Waals surface area contributed by atoms with Crippen molar-refractivity contribution in [2.75, 3.05) is 13.2 Å². The van der Waals surface area contributed by atoms with E-state index in [-0.39, 0.29) is 5.11 Å². The molecule has 0 bridgehead atoms. The largest absolute Gasteiger partial charge is 0.490 e. The Balaban J connectivity index is 3.02. The molecule has 0 saturated carbocycles. The Bertz CT molecular complexity index is 566. The van der Waals surface area contributed by atoms with Crippen molar-refractivity contribution in [2.24, 2.45) is 10.8 Å². The minimum atomic E-state index is -1.06. The topological polar surface area (TPSA) is 106 Å². The van der Waals surface area contributed by atoms with Crippen molar-refractivity contribution in [1.82, 2.24) is 5.43 Å². The molecular formula is C12H14IN3O4S. The van der Waals surface area contributed by atoms with Crippen molar-refractivity contribution < 1.29 is 19.4 Å². The molecule has 0 aromatic heterocycles. The number of hydrazone groups is 1. The SMILES string of the molecule is CCOc1cc(C=NNC(N)=S)cc(I)c1OCC(=O)O. The molecule has 0 aliphatic rings. The number of nitrogens with two attached hydrogens (primary N) is 1. The second-order valence-electron chi connectivity index (χ2n) is 3.68. The van der Waals surface area contributed by atoms with E-state index in [1.165, 1.54) is 6.21 Å². The van der Waals surface area contributed by atoms with Crippen LogP contribution in [0.1, 0.15) is 12.5 Å². The van der Waals surface area contributed by atoms with Gasteiger partial charge in [0.05, 0.1) is 16.4 Å². The standard InChI is InChI=1S/C12H14IN3O4S/c1-2-19-9-4-7(5-15-16-12(14)21)3-8(13)11(9)20-6-10(17)18/h3-5H,2,6H2,1H3,(H,17,18)(H3,14,16,21). The highest BCUT2D eigenvalue weighted by Crippen LogP contribution is 2.33. The predicted octanol–water partition coefficient (Wildman–Crippen LogP) is 1.32. The normalized spacial score (nSPS) is 10.4. The van der Waals surface area contributed by atoms with Crippen LogP contribution in [0.25, 0.3) is 0 Å². The molecule has 0 atom stereocenters. The lowest BCUT2D eigenvalue weighted by Crippen LogP contribution is -2.24. The van der Waals surface area contributed by atoms with Gasteiger partial charge in [-0.15, -0.1) is 0 Å². The average Bonchev–Trinajstić information content (AvgIpc) is 2.37. The third-order valence-corrected chi connectivity index (χ3v) is 2.95. The maximum absolute atomic E-state index is 10.6. The summed E-state index contributed by atoms with van der Waals surface area (Å²) in [5, 5.41) is 12.6. The number of carbonyl (C=O) groups is 1. The molecule has 0 saturated heterocycles. The first-order chi connectivity index (χ1) is 9.93. The van der Waals surface area contributed by atoms with Crippen LogP contribution in [-0.4, -0.2) is 35.6 Å². The van der Waals surface area contributed by atoms with E-state index < -0.39 is 12.6 Å². The summed E-state index contributed by atoms with van der Waals surface area (Å²) in [6.45, 7) is 1.81.